The van der Waals surface area contributed by atoms with Gasteiger partial charge in [0.25, 0.3) is 0 Å². The summed E-state index contributed by atoms with van der Waals surface area (Å²) < 4.78 is 10.6. The molecule has 1 atom stereocenters. The minimum Gasteiger partial charge on any atom is -0.375 e. The zero-order valence-corrected chi connectivity index (χ0v) is 8.55. The summed E-state index contributed by atoms with van der Waals surface area (Å²) >= 11 is 6.20. The first-order valence-electron chi connectivity index (χ1n) is 2.97. The molecule has 0 aliphatic rings. The number of rotatable bonds is 2. The molecule has 1 heterocycles. The molecule has 0 aromatic carbocycles. The van der Waals surface area contributed by atoms with Gasteiger partial charge >= 0.3 is 7.60 Å². The van der Waals surface area contributed by atoms with Crippen molar-refractivity contribution in [1.29, 1.82) is 0 Å². The molecule has 0 saturated carbocycles. The minimum absolute atomic E-state index is 0.0486. The number of anilines is 1. The third-order valence-corrected chi connectivity index (χ3v) is 3.59. The maximum atomic E-state index is 10.6. The molecule has 9 heteroatoms. The van der Waals surface area contributed by atoms with E-state index >= 15 is 0 Å². The fraction of sp³-hybridized carbons (Fsp3) is 0.250. The molecule has 1 unspecified atom stereocenters. The van der Waals surface area contributed by atoms with Crippen LogP contribution in [-0.4, -0.2) is 19.9 Å². The van der Waals surface area contributed by atoms with Gasteiger partial charge < -0.3 is 20.6 Å². The number of aliphatic hydroxyl groups excluding tert-OH is 1. The first-order chi connectivity index (χ1) is 5.82. The van der Waals surface area contributed by atoms with Crippen LogP contribution in [0.3, 0.4) is 0 Å². The van der Waals surface area contributed by atoms with E-state index in [1.807, 2.05) is 0 Å². The van der Waals surface area contributed by atoms with Gasteiger partial charge in [0.15, 0.2) is 11.0 Å². The Balaban J connectivity index is 3.09. The quantitative estimate of drug-likeness (QED) is 0.565. The van der Waals surface area contributed by atoms with Crippen LogP contribution in [0.25, 0.3) is 0 Å². The highest BCUT2D eigenvalue weighted by atomic mass is 35.5. The summed E-state index contributed by atoms with van der Waals surface area (Å²) in [7, 11) is -4.61. The van der Waals surface area contributed by atoms with Crippen LogP contribution in [0.1, 0.15) is 10.7 Å². The Labute approximate surface area is 82.1 Å². The fourth-order valence-electron chi connectivity index (χ4n) is 0.641. The molecule has 0 aliphatic heterocycles. The van der Waals surface area contributed by atoms with Crippen molar-refractivity contribution in [3.05, 3.63) is 10.0 Å². The number of aromatic nitrogens is 1. The second kappa shape index (κ2) is 3.53. The molecule has 1 aromatic rings. The zero-order valence-electron chi connectivity index (χ0n) is 6.09. The molecular weight excluding hydrogens is 239 g/mol. The van der Waals surface area contributed by atoms with Crippen molar-refractivity contribution in [2.75, 3.05) is 5.73 Å². The van der Waals surface area contributed by atoms with Crippen molar-refractivity contribution in [3.8, 4) is 0 Å². The summed E-state index contributed by atoms with van der Waals surface area (Å²) in [5.74, 6) is -1.95. The van der Waals surface area contributed by atoms with E-state index in [1.54, 1.807) is 0 Å². The van der Waals surface area contributed by atoms with Crippen molar-refractivity contribution in [3.63, 3.8) is 0 Å². The lowest BCUT2D eigenvalue weighted by atomic mass is 10.6. The minimum atomic E-state index is -4.61. The van der Waals surface area contributed by atoms with Gasteiger partial charge in [-0.25, -0.2) is 4.98 Å². The molecular formula is C4H6ClN2O4PS. The number of thiazole rings is 1. The number of aliphatic hydroxyl groups is 1. The lowest BCUT2D eigenvalue weighted by Gasteiger charge is -2.09. The monoisotopic (exact) mass is 244 g/mol. The van der Waals surface area contributed by atoms with E-state index < -0.39 is 13.4 Å². The van der Waals surface area contributed by atoms with Gasteiger partial charge in [-0.1, -0.05) is 22.9 Å². The Kier molecular flexibility index (Phi) is 2.96. The molecule has 6 nitrogen and oxygen atoms in total. The fourth-order valence-corrected chi connectivity index (χ4v) is 2.67. The van der Waals surface area contributed by atoms with Crippen LogP contribution in [0.15, 0.2) is 0 Å². The molecule has 1 aromatic heterocycles. The van der Waals surface area contributed by atoms with Crippen LogP contribution in [0.4, 0.5) is 5.13 Å². The highest BCUT2D eigenvalue weighted by molar-refractivity contribution is 7.52. The van der Waals surface area contributed by atoms with Crippen molar-refractivity contribution < 1.29 is 19.5 Å². The Morgan fingerprint density at radius 1 is 1.62 bits per heavy atom. The van der Waals surface area contributed by atoms with Gasteiger partial charge in [0.2, 0.25) is 0 Å². The Bertz CT molecular complexity index is 363. The van der Waals surface area contributed by atoms with Crippen molar-refractivity contribution in [1.82, 2.24) is 4.98 Å². The van der Waals surface area contributed by atoms with Gasteiger partial charge in [-0.15, -0.1) is 0 Å². The lowest BCUT2D eigenvalue weighted by molar-refractivity contribution is 0.208. The van der Waals surface area contributed by atoms with Crippen molar-refractivity contribution in [2.24, 2.45) is 0 Å². The molecule has 0 spiro atoms. The normalized spacial score (nSPS) is 14.5. The highest BCUT2D eigenvalue weighted by Gasteiger charge is 2.32. The number of hydrogen-bond acceptors (Lipinski definition) is 5. The van der Waals surface area contributed by atoms with Gasteiger partial charge in [-0.05, 0) is 0 Å². The van der Waals surface area contributed by atoms with Crippen LogP contribution in [0.2, 0.25) is 5.15 Å². The van der Waals surface area contributed by atoms with E-state index in [1.165, 1.54) is 0 Å². The van der Waals surface area contributed by atoms with Gasteiger partial charge in [0.05, 0.1) is 4.88 Å². The van der Waals surface area contributed by atoms with Crippen LogP contribution < -0.4 is 5.73 Å². The maximum absolute atomic E-state index is 10.6. The van der Waals surface area contributed by atoms with Gasteiger partial charge in [0, 0.05) is 0 Å². The van der Waals surface area contributed by atoms with E-state index in [0.717, 1.165) is 11.3 Å². The standard InChI is InChI=1S/C4H6ClN2O4PS/c5-2-1(13-4(6)7-2)3(8)12(9,10)11/h3,8H,(H2,6,7)(H2,9,10,11). The summed E-state index contributed by atoms with van der Waals surface area (Å²) in [6, 6.07) is 0. The SMILES string of the molecule is Nc1nc(Cl)c(C(O)P(=O)(O)O)s1. The van der Waals surface area contributed by atoms with E-state index in [2.05, 4.69) is 4.98 Å². The largest absolute Gasteiger partial charge is 0.375 e. The van der Waals surface area contributed by atoms with Crippen molar-refractivity contribution in [2.45, 2.75) is 5.85 Å². The predicted octanol–water partition coefficient (Wildman–Crippen LogP) is 0.547. The Morgan fingerprint density at radius 3 is 2.46 bits per heavy atom. The molecule has 0 bridgehead atoms. The molecule has 13 heavy (non-hydrogen) atoms. The number of halogens is 1. The molecule has 0 amide bonds. The average Bonchev–Trinajstić information content (AvgIpc) is 2.26. The summed E-state index contributed by atoms with van der Waals surface area (Å²) in [6.07, 6.45) is 0. The summed E-state index contributed by atoms with van der Waals surface area (Å²) in [4.78, 5) is 20.6. The molecule has 74 valence electrons. The number of hydrogen-bond donors (Lipinski definition) is 4. The third-order valence-electron chi connectivity index (χ3n) is 1.18. The van der Waals surface area contributed by atoms with Gasteiger partial charge in [-0.3, -0.25) is 4.57 Å². The zero-order chi connectivity index (χ0) is 10.2. The van der Waals surface area contributed by atoms with E-state index in [-0.39, 0.29) is 15.2 Å². The first-order valence-corrected chi connectivity index (χ1v) is 5.85. The number of nitrogens with zero attached hydrogens (tertiary/aromatic N) is 1. The smallest absolute Gasteiger partial charge is 0.359 e. The second-order valence-corrected chi connectivity index (χ2v) is 5.26. The van der Waals surface area contributed by atoms with Gasteiger partial charge in [0.1, 0.15) is 5.15 Å². The molecule has 0 saturated heterocycles. The van der Waals surface area contributed by atoms with E-state index in [0.29, 0.717) is 0 Å². The van der Waals surface area contributed by atoms with Crippen LogP contribution >= 0.6 is 30.5 Å². The lowest BCUT2D eigenvalue weighted by Crippen LogP contribution is -1.96. The topological polar surface area (TPSA) is 117 Å². The second-order valence-electron chi connectivity index (χ2n) is 2.17. The van der Waals surface area contributed by atoms with Crippen LogP contribution in [-0.2, 0) is 4.57 Å². The number of nitrogens with two attached hydrogens (primary N) is 1. The molecule has 0 fully saturated rings. The predicted molar refractivity (Wildman–Crippen MR) is 48.5 cm³/mol. The Morgan fingerprint density at radius 2 is 2.15 bits per heavy atom. The molecule has 1 rings (SSSR count). The molecule has 0 aliphatic carbocycles. The van der Waals surface area contributed by atoms with E-state index in [9.17, 15) is 4.57 Å². The van der Waals surface area contributed by atoms with Gasteiger partial charge in [-0.2, -0.15) is 0 Å². The summed E-state index contributed by atoms with van der Waals surface area (Å²) in [6.45, 7) is 0. The third kappa shape index (κ3) is 2.40. The highest BCUT2D eigenvalue weighted by Crippen LogP contribution is 2.53. The summed E-state index contributed by atoms with van der Waals surface area (Å²) in [5, 5.41) is 8.99. The Hall–Kier alpha value is -0.170. The van der Waals surface area contributed by atoms with Crippen LogP contribution in [0.5, 0.6) is 0 Å². The van der Waals surface area contributed by atoms with E-state index in [4.69, 9.17) is 32.2 Å². The van der Waals surface area contributed by atoms with Crippen molar-refractivity contribution >= 4 is 35.7 Å². The molecule has 5 N–H and O–H groups in total. The number of nitrogen functional groups attached to an aromatic ring is 1. The maximum Gasteiger partial charge on any atom is 0.359 e. The summed E-state index contributed by atoms with van der Waals surface area (Å²) in [5.41, 5.74) is 5.22. The average molecular weight is 245 g/mol. The first kappa shape index (κ1) is 10.9. The molecule has 0 radical (unpaired) electrons. The van der Waals surface area contributed by atoms with Crippen LogP contribution in [0, 0.1) is 0 Å².